The van der Waals surface area contributed by atoms with Crippen LogP contribution in [0.15, 0.2) is 29.2 Å². The second-order valence-corrected chi connectivity index (χ2v) is 11.5. The molecule has 1 aromatic carbocycles. The van der Waals surface area contributed by atoms with Crippen molar-refractivity contribution in [3.8, 4) is 0 Å². The second-order valence-electron chi connectivity index (χ2n) is 9.62. The molecule has 0 bridgehead atoms. The Morgan fingerprint density at radius 2 is 1.71 bits per heavy atom. The predicted molar refractivity (Wildman–Crippen MR) is 123 cm³/mol. The molecule has 0 spiro atoms. The molecule has 1 fully saturated rings. The zero-order chi connectivity index (χ0) is 23.0. The lowest BCUT2D eigenvalue weighted by atomic mass is 9.87. The fourth-order valence-electron chi connectivity index (χ4n) is 3.95. The molecule has 1 amide bonds. The molecule has 0 aliphatic carbocycles. The minimum atomic E-state index is -3.62. The molecule has 170 valence electrons. The van der Waals surface area contributed by atoms with E-state index in [4.69, 9.17) is 0 Å². The van der Waals surface area contributed by atoms with Crippen molar-refractivity contribution in [1.29, 1.82) is 0 Å². The average Bonchev–Trinajstić information content (AvgIpc) is 2.95. The third-order valence-corrected chi connectivity index (χ3v) is 8.14. The molecule has 2 heterocycles. The number of nitrogens with zero attached hydrogens (tertiary/aromatic N) is 3. The quantitative estimate of drug-likeness (QED) is 0.756. The van der Waals surface area contributed by atoms with Crippen LogP contribution in [-0.4, -0.2) is 41.5 Å². The molecule has 0 radical (unpaired) electrons. The summed E-state index contributed by atoms with van der Waals surface area (Å²) in [6.45, 7) is 13.0. The third kappa shape index (κ3) is 5.18. The molecule has 1 aliphatic heterocycles. The monoisotopic (exact) mass is 446 g/mol. The van der Waals surface area contributed by atoms with Crippen LogP contribution in [0.4, 0.5) is 5.69 Å². The molecule has 1 saturated heterocycles. The Morgan fingerprint density at radius 1 is 1.13 bits per heavy atom. The molecule has 1 aliphatic rings. The van der Waals surface area contributed by atoms with Gasteiger partial charge in [0.1, 0.15) is 11.4 Å². The van der Waals surface area contributed by atoms with Crippen LogP contribution in [0.25, 0.3) is 0 Å². The Labute approximate surface area is 185 Å². The molecule has 1 N–H and O–H groups in total. The lowest BCUT2D eigenvalue weighted by Gasteiger charge is -2.29. The maximum Gasteiger partial charge on any atom is 0.246 e. The van der Waals surface area contributed by atoms with Crippen LogP contribution in [0, 0.1) is 19.8 Å². The number of amides is 1. The molecule has 0 atom stereocenters. The first-order chi connectivity index (χ1) is 14.4. The summed E-state index contributed by atoms with van der Waals surface area (Å²) in [5.74, 6) is 0.294. The first-order valence-corrected chi connectivity index (χ1v) is 12.3. The molecular weight excluding hydrogens is 412 g/mol. The lowest BCUT2D eigenvalue weighted by molar-refractivity contribution is -0.116. The van der Waals surface area contributed by atoms with Crippen molar-refractivity contribution in [2.45, 2.75) is 71.2 Å². The van der Waals surface area contributed by atoms with Gasteiger partial charge in [-0.3, -0.25) is 9.48 Å². The number of aryl methyl sites for hydroxylation is 1. The van der Waals surface area contributed by atoms with E-state index >= 15 is 0 Å². The molecule has 8 heteroatoms. The van der Waals surface area contributed by atoms with Gasteiger partial charge in [-0.1, -0.05) is 39.8 Å². The van der Waals surface area contributed by atoms with Crippen molar-refractivity contribution in [2.24, 2.45) is 5.92 Å². The second kappa shape index (κ2) is 8.74. The molecule has 2 aromatic rings. The van der Waals surface area contributed by atoms with Crippen LogP contribution in [0.1, 0.15) is 57.5 Å². The molecule has 1 aromatic heterocycles. The van der Waals surface area contributed by atoms with E-state index in [1.165, 1.54) is 10.2 Å². The zero-order valence-electron chi connectivity index (χ0n) is 19.4. The Balaban J connectivity index is 1.74. The number of carbonyl (C=O) groups excluding carboxylic acids is 1. The highest BCUT2D eigenvalue weighted by Gasteiger charge is 2.33. The summed E-state index contributed by atoms with van der Waals surface area (Å²) in [7, 11) is -3.62. The number of sulfonamides is 1. The zero-order valence-corrected chi connectivity index (χ0v) is 20.2. The highest BCUT2D eigenvalue weighted by atomic mass is 32.2. The van der Waals surface area contributed by atoms with E-state index < -0.39 is 10.0 Å². The van der Waals surface area contributed by atoms with Crippen LogP contribution in [0.2, 0.25) is 0 Å². The van der Waals surface area contributed by atoms with E-state index in [2.05, 4.69) is 38.1 Å². The summed E-state index contributed by atoms with van der Waals surface area (Å²) < 4.78 is 29.4. The standard InChI is InChI=1S/C23H34N4O3S/c1-16-11-13-26(14-12-16)31(29,30)22-17(2)25-27(18(22)3)15-21(28)24-20-9-7-19(8-10-20)23(4,5)6/h7-10,16H,11-15H2,1-6H3,(H,24,28). The van der Waals surface area contributed by atoms with E-state index in [9.17, 15) is 13.2 Å². The van der Waals surface area contributed by atoms with Crippen LogP contribution < -0.4 is 5.32 Å². The van der Waals surface area contributed by atoms with Crippen LogP contribution in [0.5, 0.6) is 0 Å². The van der Waals surface area contributed by atoms with Gasteiger partial charge in [0.2, 0.25) is 15.9 Å². The van der Waals surface area contributed by atoms with E-state index in [0.717, 1.165) is 12.8 Å². The van der Waals surface area contributed by atoms with Crippen molar-refractivity contribution >= 4 is 21.6 Å². The summed E-state index contributed by atoms with van der Waals surface area (Å²) in [6.07, 6.45) is 1.73. The van der Waals surface area contributed by atoms with E-state index in [-0.39, 0.29) is 22.8 Å². The minimum absolute atomic E-state index is 0.0414. The Morgan fingerprint density at radius 3 is 2.26 bits per heavy atom. The normalized spacial score (nSPS) is 16.5. The van der Waals surface area contributed by atoms with Gasteiger partial charge in [0.15, 0.2) is 0 Å². The molecule has 3 rings (SSSR count). The number of piperidine rings is 1. The van der Waals surface area contributed by atoms with Gasteiger partial charge in [-0.25, -0.2) is 8.42 Å². The van der Waals surface area contributed by atoms with Crippen LogP contribution in [-0.2, 0) is 26.8 Å². The summed E-state index contributed by atoms with van der Waals surface area (Å²) >= 11 is 0. The SMILES string of the molecule is Cc1nn(CC(=O)Nc2ccc(C(C)(C)C)cc2)c(C)c1S(=O)(=O)N1CCC(C)CC1. The summed E-state index contributed by atoms with van der Waals surface area (Å²) in [6, 6.07) is 7.77. The molecule has 7 nitrogen and oxygen atoms in total. The van der Waals surface area contributed by atoms with Gasteiger partial charge in [0.25, 0.3) is 0 Å². The maximum absolute atomic E-state index is 13.2. The van der Waals surface area contributed by atoms with Crippen LogP contribution in [0.3, 0.4) is 0 Å². The molecule has 0 saturated carbocycles. The van der Waals surface area contributed by atoms with E-state index in [1.807, 2.05) is 24.3 Å². The summed E-state index contributed by atoms with van der Waals surface area (Å²) in [5.41, 5.74) is 2.86. The lowest BCUT2D eigenvalue weighted by Crippen LogP contribution is -2.38. The molecule has 31 heavy (non-hydrogen) atoms. The number of rotatable bonds is 5. The Kier molecular flexibility index (Phi) is 6.62. The van der Waals surface area contributed by atoms with Gasteiger partial charge >= 0.3 is 0 Å². The molecule has 0 unspecified atom stereocenters. The van der Waals surface area contributed by atoms with Crippen LogP contribution >= 0.6 is 0 Å². The molecular formula is C23H34N4O3S. The van der Waals surface area contributed by atoms with Gasteiger partial charge in [0.05, 0.1) is 11.4 Å². The minimum Gasteiger partial charge on any atom is -0.324 e. The van der Waals surface area contributed by atoms with Crippen molar-refractivity contribution in [3.05, 3.63) is 41.2 Å². The van der Waals surface area contributed by atoms with Gasteiger partial charge < -0.3 is 5.32 Å². The highest BCUT2D eigenvalue weighted by Crippen LogP contribution is 2.28. The van der Waals surface area contributed by atoms with Gasteiger partial charge in [-0.2, -0.15) is 9.40 Å². The summed E-state index contributed by atoms with van der Waals surface area (Å²) in [5, 5.41) is 7.24. The third-order valence-electron chi connectivity index (χ3n) is 5.98. The number of benzene rings is 1. The fraction of sp³-hybridized carbons (Fsp3) is 0.565. The summed E-state index contributed by atoms with van der Waals surface area (Å²) in [4.78, 5) is 12.8. The number of nitrogens with one attached hydrogen (secondary N) is 1. The average molecular weight is 447 g/mol. The van der Waals surface area contributed by atoms with E-state index in [0.29, 0.717) is 36.1 Å². The topological polar surface area (TPSA) is 84.3 Å². The van der Waals surface area contributed by atoms with Crippen molar-refractivity contribution < 1.29 is 13.2 Å². The Hall–Kier alpha value is -2.19. The van der Waals surface area contributed by atoms with Gasteiger partial charge in [-0.15, -0.1) is 0 Å². The number of carbonyl (C=O) groups is 1. The number of hydrogen-bond donors (Lipinski definition) is 1. The first kappa shape index (κ1) is 23.5. The number of aromatic nitrogens is 2. The fourth-order valence-corrected chi connectivity index (χ4v) is 5.79. The van der Waals surface area contributed by atoms with Crippen molar-refractivity contribution in [1.82, 2.24) is 14.1 Å². The Bertz CT molecular complexity index is 1040. The van der Waals surface area contributed by atoms with Gasteiger partial charge in [-0.05, 0) is 55.7 Å². The first-order valence-electron chi connectivity index (χ1n) is 10.8. The van der Waals surface area contributed by atoms with Crippen molar-refractivity contribution in [2.75, 3.05) is 18.4 Å². The van der Waals surface area contributed by atoms with E-state index in [1.54, 1.807) is 18.2 Å². The number of anilines is 1. The number of hydrogen-bond acceptors (Lipinski definition) is 4. The smallest absolute Gasteiger partial charge is 0.246 e. The van der Waals surface area contributed by atoms with Gasteiger partial charge in [0, 0.05) is 18.8 Å². The highest BCUT2D eigenvalue weighted by molar-refractivity contribution is 7.89. The van der Waals surface area contributed by atoms with Crippen molar-refractivity contribution in [3.63, 3.8) is 0 Å². The maximum atomic E-state index is 13.2. The predicted octanol–water partition coefficient (Wildman–Crippen LogP) is 3.86. The largest absolute Gasteiger partial charge is 0.324 e.